The van der Waals surface area contributed by atoms with Crippen LogP contribution < -0.4 is 10.6 Å². The van der Waals surface area contributed by atoms with Crippen LogP contribution in [-0.2, 0) is 0 Å². The standard InChI is InChI=1S/C16H21N3S/c1-3-5-10-19(4-2)15-12-8-6-7-9-14(12)18-11-13(15)16(17)20/h6-9,11H,3-5,10H2,1-2H3,(H2,17,20). The Labute approximate surface area is 125 Å². The lowest BCUT2D eigenvalue weighted by molar-refractivity contribution is 0.733. The first kappa shape index (κ1) is 14.7. The molecule has 0 fully saturated rings. The Morgan fingerprint density at radius 2 is 2.05 bits per heavy atom. The summed E-state index contributed by atoms with van der Waals surface area (Å²) in [6.07, 6.45) is 4.12. The summed E-state index contributed by atoms with van der Waals surface area (Å²) in [5.74, 6) is 0. The van der Waals surface area contributed by atoms with E-state index >= 15 is 0 Å². The van der Waals surface area contributed by atoms with Crippen molar-refractivity contribution in [1.29, 1.82) is 0 Å². The van der Waals surface area contributed by atoms with Crippen molar-refractivity contribution < 1.29 is 0 Å². The molecule has 1 heterocycles. The second kappa shape index (κ2) is 6.66. The number of nitrogens with two attached hydrogens (primary N) is 1. The van der Waals surface area contributed by atoms with Crippen LogP contribution in [0.1, 0.15) is 32.3 Å². The largest absolute Gasteiger partial charge is 0.389 e. The van der Waals surface area contributed by atoms with Gasteiger partial charge in [0.05, 0.1) is 16.8 Å². The molecule has 0 aliphatic rings. The Morgan fingerprint density at radius 3 is 2.70 bits per heavy atom. The van der Waals surface area contributed by atoms with Gasteiger partial charge in [0.2, 0.25) is 0 Å². The van der Waals surface area contributed by atoms with Crippen molar-refractivity contribution >= 4 is 33.8 Å². The van der Waals surface area contributed by atoms with E-state index in [-0.39, 0.29) is 0 Å². The van der Waals surface area contributed by atoms with Crippen LogP contribution in [0.4, 0.5) is 5.69 Å². The molecule has 106 valence electrons. The fraction of sp³-hybridized carbons (Fsp3) is 0.375. The van der Waals surface area contributed by atoms with Crippen molar-refractivity contribution in [3.8, 4) is 0 Å². The van der Waals surface area contributed by atoms with Crippen LogP contribution in [-0.4, -0.2) is 23.1 Å². The fourth-order valence-electron chi connectivity index (χ4n) is 2.42. The van der Waals surface area contributed by atoms with Crippen LogP contribution >= 0.6 is 12.2 Å². The molecule has 0 unspecified atom stereocenters. The van der Waals surface area contributed by atoms with Gasteiger partial charge in [0, 0.05) is 24.7 Å². The third kappa shape index (κ3) is 2.90. The molecular weight excluding hydrogens is 266 g/mol. The second-order valence-corrected chi connectivity index (χ2v) is 5.27. The van der Waals surface area contributed by atoms with Gasteiger partial charge in [-0.15, -0.1) is 0 Å². The molecule has 20 heavy (non-hydrogen) atoms. The van der Waals surface area contributed by atoms with E-state index in [2.05, 4.69) is 29.8 Å². The Kier molecular flexibility index (Phi) is 4.90. The monoisotopic (exact) mass is 287 g/mol. The molecule has 2 rings (SSSR count). The number of hydrogen-bond acceptors (Lipinski definition) is 3. The number of hydrogen-bond donors (Lipinski definition) is 1. The fourth-order valence-corrected chi connectivity index (χ4v) is 2.57. The van der Waals surface area contributed by atoms with Crippen LogP contribution in [0.25, 0.3) is 10.9 Å². The summed E-state index contributed by atoms with van der Waals surface area (Å²) in [6, 6.07) is 8.15. The van der Waals surface area contributed by atoms with E-state index in [1.807, 2.05) is 18.2 Å². The number of thiocarbonyl (C=S) groups is 1. The minimum atomic E-state index is 0.410. The maximum Gasteiger partial charge on any atom is 0.107 e. The van der Waals surface area contributed by atoms with E-state index in [0.717, 1.165) is 41.7 Å². The van der Waals surface area contributed by atoms with Gasteiger partial charge in [0.15, 0.2) is 0 Å². The Morgan fingerprint density at radius 1 is 1.30 bits per heavy atom. The number of unbranched alkanes of at least 4 members (excludes halogenated alkanes) is 1. The van der Waals surface area contributed by atoms with Crippen molar-refractivity contribution in [1.82, 2.24) is 4.98 Å². The van der Waals surface area contributed by atoms with Gasteiger partial charge >= 0.3 is 0 Å². The van der Waals surface area contributed by atoms with Gasteiger partial charge < -0.3 is 10.6 Å². The van der Waals surface area contributed by atoms with E-state index in [1.54, 1.807) is 6.20 Å². The van der Waals surface area contributed by atoms with Crippen molar-refractivity contribution in [2.45, 2.75) is 26.7 Å². The van der Waals surface area contributed by atoms with Gasteiger partial charge in [-0.25, -0.2) is 0 Å². The van der Waals surface area contributed by atoms with Crippen molar-refractivity contribution in [2.75, 3.05) is 18.0 Å². The number of anilines is 1. The van der Waals surface area contributed by atoms with E-state index in [4.69, 9.17) is 18.0 Å². The molecule has 2 N–H and O–H groups in total. The molecule has 1 aromatic carbocycles. The highest BCUT2D eigenvalue weighted by Crippen LogP contribution is 2.29. The van der Waals surface area contributed by atoms with Crippen molar-refractivity contribution in [2.24, 2.45) is 5.73 Å². The lowest BCUT2D eigenvalue weighted by Gasteiger charge is -2.26. The molecule has 0 radical (unpaired) electrons. The Bertz CT molecular complexity index is 610. The maximum atomic E-state index is 5.89. The van der Waals surface area contributed by atoms with Gasteiger partial charge in [0.25, 0.3) is 0 Å². The number of benzene rings is 1. The van der Waals surface area contributed by atoms with Gasteiger partial charge in [-0.05, 0) is 19.4 Å². The highest BCUT2D eigenvalue weighted by molar-refractivity contribution is 7.80. The van der Waals surface area contributed by atoms with E-state index < -0.39 is 0 Å². The number of fused-ring (bicyclic) bond motifs is 1. The minimum Gasteiger partial charge on any atom is -0.389 e. The lowest BCUT2D eigenvalue weighted by Crippen LogP contribution is -2.27. The second-order valence-electron chi connectivity index (χ2n) is 4.84. The van der Waals surface area contributed by atoms with Crippen LogP contribution in [0.3, 0.4) is 0 Å². The molecule has 0 atom stereocenters. The van der Waals surface area contributed by atoms with Crippen molar-refractivity contribution in [3.05, 3.63) is 36.0 Å². The quantitative estimate of drug-likeness (QED) is 0.826. The normalized spacial score (nSPS) is 10.7. The summed E-state index contributed by atoms with van der Waals surface area (Å²) in [5.41, 5.74) is 8.87. The zero-order valence-electron chi connectivity index (χ0n) is 12.1. The summed E-state index contributed by atoms with van der Waals surface area (Å²) in [5, 5.41) is 1.12. The van der Waals surface area contributed by atoms with Gasteiger partial charge in [-0.3, -0.25) is 4.98 Å². The Balaban J connectivity index is 2.61. The highest BCUT2D eigenvalue weighted by atomic mass is 32.1. The number of nitrogens with zero attached hydrogens (tertiary/aromatic N) is 2. The predicted molar refractivity (Wildman–Crippen MR) is 90.4 cm³/mol. The third-order valence-corrected chi connectivity index (χ3v) is 3.71. The average molecular weight is 287 g/mol. The number of pyridine rings is 1. The van der Waals surface area contributed by atoms with Gasteiger partial charge in [0.1, 0.15) is 4.99 Å². The van der Waals surface area contributed by atoms with Crippen LogP contribution in [0, 0.1) is 0 Å². The maximum absolute atomic E-state index is 5.89. The molecule has 0 spiro atoms. The third-order valence-electron chi connectivity index (χ3n) is 3.49. The SMILES string of the molecule is CCCCN(CC)c1c(C(N)=S)cnc2ccccc12. The van der Waals surface area contributed by atoms with Crippen molar-refractivity contribution in [3.63, 3.8) is 0 Å². The van der Waals surface area contributed by atoms with Crippen LogP contribution in [0.5, 0.6) is 0 Å². The molecule has 3 nitrogen and oxygen atoms in total. The molecular formula is C16H21N3S. The molecule has 4 heteroatoms. The first-order valence-electron chi connectivity index (χ1n) is 7.11. The zero-order chi connectivity index (χ0) is 14.5. The van der Waals surface area contributed by atoms with Crippen LogP contribution in [0.2, 0.25) is 0 Å². The molecule has 0 saturated heterocycles. The minimum absolute atomic E-state index is 0.410. The first-order valence-corrected chi connectivity index (χ1v) is 7.52. The molecule has 0 saturated carbocycles. The first-order chi connectivity index (χ1) is 9.69. The molecule has 0 aliphatic heterocycles. The highest BCUT2D eigenvalue weighted by Gasteiger charge is 2.15. The topological polar surface area (TPSA) is 42.1 Å². The van der Waals surface area contributed by atoms with E-state index in [1.165, 1.54) is 6.42 Å². The number of para-hydroxylation sites is 1. The molecule has 0 bridgehead atoms. The van der Waals surface area contributed by atoms with E-state index in [0.29, 0.717) is 4.99 Å². The summed E-state index contributed by atoms with van der Waals surface area (Å²) in [4.78, 5) is 7.23. The number of aromatic nitrogens is 1. The summed E-state index contributed by atoms with van der Waals surface area (Å²) in [6.45, 7) is 6.31. The molecule has 0 amide bonds. The summed E-state index contributed by atoms with van der Waals surface area (Å²) >= 11 is 5.20. The zero-order valence-corrected chi connectivity index (χ0v) is 12.9. The predicted octanol–water partition coefficient (Wildman–Crippen LogP) is 3.50. The number of rotatable bonds is 6. The summed E-state index contributed by atoms with van der Waals surface area (Å²) in [7, 11) is 0. The molecule has 2 aromatic rings. The Hall–Kier alpha value is -1.68. The van der Waals surface area contributed by atoms with Gasteiger partial charge in [-0.1, -0.05) is 43.8 Å². The smallest absolute Gasteiger partial charge is 0.107 e. The van der Waals surface area contributed by atoms with Crippen LogP contribution in [0.15, 0.2) is 30.5 Å². The van der Waals surface area contributed by atoms with Gasteiger partial charge in [-0.2, -0.15) is 0 Å². The van der Waals surface area contributed by atoms with E-state index in [9.17, 15) is 0 Å². The molecule has 1 aromatic heterocycles. The molecule has 0 aliphatic carbocycles. The average Bonchev–Trinajstić information content (AvgIpc) is 2.47. The summed E-state index contributed by atoms with van der Waals surface area (Å²) < 4.78 is 0. The lowest BCUT2D eigenvalue weighted by atomic mass is 10.1.